The van der Waals surface area contributed by atoms with Crippen molar-refractivity contribution in [3.63, 3.8) is 0 Å². The van der Waals surface area contributed by atoms with E-state index in [1.807, 2.05) is 45.2 Å². The Labute approximate surface area is 311 Å². The van der Waals surface area contributed by atoms with E-state index >= 15 is 0 Å². The molecule has 5 rings (SSSR count). The number of thiazole rings is 1. The van der Waals surface area contributed by atoms with Gasteiger partial charge >= 0.3 is 0 Å². The van der Waals surface area contributed by atoms with Crippen LogP contribution in [0.15, 0.2) is 59.7 Å². The molecule has 0 radical (unpaired) electrons. The summed E-state index contributed by atoms with van der Waals surface area (Å²) in [6, 6.07) is 8.14. The Kier molecular flexibility index (Phi) is 23.1. The molecule has 5 aromatic rings. The first-order chi connectivity index (χ1) is 22.9. The quantitative estimate of drug-likeness (QED) is 0.114. The molecule has 12 nitrogen and oxygen atoms in total. The van der Waals surface area contributed by atoms with Crippen LogP contribution in [0.2, 0.25) is 0 Å². The Hall–Kier alpha value is -4.78. The lowest BCUT2D eigenvalue weighted by Gasteiger charge is -2.06. The fraction of sp³-hybridized carbons (Fsp3) is 0.474. The third kappa shape index (κ3) is 19.9. The average Bonchev–Trinajstić information content (AvgIpc) is 3.67. The molecule has 0 spiro atoms. The molecule has 0 aliphatic carbocycles. The number of hydrogen-bond donors (Lipinski definition) is 5. The number of pyridine rings is 2. The molecule has 284 valence electrons. The van der Waals surface area contributed by atoms with E-state index in [-0.39, 0.29) is 20.9 Å². The number of nitrogens with two attached hydrogens (primary N) is 5. The number of nitrogen functional groups attached to an aromatic ring is 5. The zero-order chi connectivity index (χ0) is 37.3. The number of nitrogens with zero attached hydrogens (tertiary/aromatic N) is 6. The van der Waals surface area contributed by atoms with Gasteiger partial charge in [0.2, 0.25) is 5.95 Å². The van der Waals surface area contributed by atoms with E-state index in [2.05, 4.69) is 91.4 Å². The van der Waals surface area contributed by atoms with Crippen LogP contribution in [0.25, 0.3) is 0 Å². The van der Waals surface area contributed by atoms with Gasteiger partial charge in [-0.05, 0) is 71.6 Å². The minimum Gasteiger partial charge on any atom is -0.429 e. The maximum absolute atomic E-state index is 5.59. The number of aryl methyl sites for hydroxylation is 1. The van der Waals surface area contributed by atoms with Gasteiger partial charge in [-0.2, -0.15) is 0 Å². The summed E-state index contributed by atoms with van der Waals surface area (Å²) in [7, 11) is 0. The molecule has 0 atom stereocenters. The van der Waals surface area contributed by atoms with Crippen LogP contribution in [0.3, 0.4) is 0 Å². The minimum atomic E-state index is 0. The predicted molar refractivity (Wildman–Crippen MR) is 220 cm³/mol. The second-order valence-corrected chi connectivity index (χ2v) is 13.9. The van der Waals surface area contributed by atoms with Crippen molar-refractivity contribution in [2.24, 2.45) is 0 Å². The molecule has 0 fully saturated rings. The van der Waals surface area contributed by atoms with E-state index in [0.29, 0.717) is 52.3 Å². The highest BCUT2D eigenvalue weighted by Crippen LogP contribution is 2.22. The van der Waals surface area contributed by atoms with Crippen molar-refractivity contribution in [1.29, 1.82) is 0 Å². The molecule has 0 saturated heterocycles. The van der Waals surface area contributed by atoms with E-state index in [1.165, 1.54) is 16.0 Å². The second kappa shape index (κ2) is 24.4. The lowest BCUT2D eigenvalue weighted by atomic mass is 10.0. The molecule has 5 aromatic heterocycles. The number of anilines is 5. The van der Waals surface area contributed by atoms with E-state index in [1.54, 1.807) is 36.1 Å². The first-order valence-electron chi connectivity index (χ1n) is 16.3. The second-order valence-electron chi connectivity index (χ2n) is 12.8. The molecule has 0 unspecified atom stereocenters. The average molecular weight is 724 g/mol. The number of hydrogen-bond acceptors (Lipinski definition) is 13. The van der Waals surface area contributed by atoms with Crippen molar-refractivity contribution in [3.8, 4) is 0 Å². The summed E-state index contributed by atoms with van der Waals surface area (Å²) in [4.78, 5) is 24.7. The summed E-state index contributed by atoms with van der Waals surface area (Å²) in [5.41, 5.74) is 31.7. The molecule has 0 aromatic carbocycles. The number of oxazole rings is 1. The zero-order valence-corrected chi connectivity index (χ0v) is 31.8. The zero-order valence-electron chi connectivity index (χ0n) is 31.0. The van der Waals surface area contributed by atoms with E-state index in [9.17, 15) is 0 Å². The van der Waals surface area contributed by atoms with Crippen LogP contribution in [0, 0.1) is 6.92 Å². The maximum atomic E-state index is 5.59. The predicted octanol–water partition coefficient (Wildman–Crippen LogP) is 9.57. The highest BCUT2D eigenvalue weighted by atomic mass is 32.1. The van der Waals surface area contributed by atoms with Crippen molar-refractivity contribution in [2.75, 3.05) is 28.7 Å². The first-order valence-corrected chi connectivity index (χ1v) is 17.2. The Bertz CT molecular complexity index is 1560. The Balaban J connectivity index is 0. The molecule has 10 N–H and O–H groups in total. The van der Waals surface area contributed by atoms with Crippen molar-refractivity contribution in [2.45, 2.75) is 121 Å². The number of aromatic nitrogens is 6. The van der Waals surface area contributed by atoms with Crippen molar-refractivity contribution in [1.82, 2.24) is 29.9 Å². The van der Waals surface area contributed by atoms with Crippen LogP contribution in [0.4, 0.5) is 28.7 Å². The van der Waals surface area contributed by atoms with Gasteiger partial charge in [0.1, 0.15) is 17.4 Å². The van der Waals surface area contributed by atoms with Crippen molar-refractivity contribution >= 4 is 40.1 Å². The number of rotatable bonds is 5. The van der Waals surface area contributed by atoms with Gasteiger partial charge in [0.05, 0.1) is 6.20 Å². The van der Waals surface area contributed by atoms with E-state index < -0.39 is 0 Å². The summed E-state index contributed by atoms with van der Waals surface area (Å²) >= 11 is 1.56. The lowest BCUT2D eigenvalue weighted by Crippen LogP contribution is -1.96. The highest BCUT2D eigenvalue weighted by Gasteiger charge is 2.04. The van der Waals surface area contributed by atoms with Gasteiger partial charge in [-0.3, -0.25) is 0 Å². The third-order valence-corrected chi connectivity index (χ3v) is 7.84. The Morgan fingerprint density at radius 2 is 1.12 bits per heavy atom. The van der Waals surface area contributed by atoms with Gasteiger partial charge in [0.25, 0.3) is 6.01 Å². The van der Waals surface area contributed by atoms with Crippen molar-refractivity contribution < 1.29 is 4.42 Å². The molecule has 13 heteroatoms. The fourth-order valence-corrected chi connectivity index (χ4v) is 4.35. The Morgan fingerprint density at radius 3 is 1.45 bits per heavy atom. The molecule has 51 heavy (non-hydrogen) atoms. The summed E-state index contributed by atoms with van der Waals surface area (Å²) < 4.78 is 5.01. The van der Waals surface area contributed by atoms with Gasteiger partial charge in [-0.15, -0.1) is 11.3 Å². The van der Waals surface area contributed by atoms with Crippen LogP contribution in [-0.2, 0) is 0 Å². The van der Waals surface area contributed by atoms with Gasteiger partial charge < -0.3 is 33.1 Å². The van der Waals surface area contributed by atoms with Gasteiger partial charge in [0, 0.05) is 41.3 Å². The largest absolute Gasteiger partial charge is 0.429 e. The molecule has 0 saturated carbocycles. The first kappa shape index (κ1) is 48.3. The monoisotopic (exact) mass is 724 g/mol. The molecule has 0 aliphatic rings. The SMILES string of the molecule is C.C.CC(C)c1ccnc(N)c1.CC(C)c1cnc(N)nc1.CC(C)c1cnc(N)o1.CC(C)c1cnc(N)s1.Cc1cc(C(C)C)cc(N)n1. The lowest BCUT2D eigenvalue weighted by molar-refractivity contribution is 0.499. The van der Waals surface area contributed by atoms with Crippen LogP contribution in [0.1, 0.15) is 147 Å². The van der Waals surface area contributed by atoms with Crippen LogP contribution in [0.5, 0.6) is 0 Å². The van der Waals surface area contributed by atoms with Gasteiger partial charge in [-0.25, -0.2) is 29.9 Å². The molecular formula is C38H65N11OS. The third-order valence-electron chi connectivity index (χ3n) is 6.71. The van der Waals surface area contributed by atoms with Gasteiger partial charge in [-0.1, -0.05) is 84.1 Å². The highest BCUT2D eigenvalue weighted by molar-refractivity contribution is 7.15. The van der Waals surface area contributed by atoms with E-state index in [4.69, 9.17) is 33.1 Å². The minimum absolute atomic E-state index is 0. The maximum Gasteiger partial charge on any atom is 0.292 e. The van der Waals surface area contributed by atoms with Crippen molar-refractivity contribution in [3.05, 3.63) is 88.3 Å². The smallest absolute Gasteiger partial charge is 0.292 e. The van der Waals surface area contributed by atoms with Crippen LogP contribution in [-0.4, -0.2) is 29.9 Å². The topological polar surface area (TPSA) is 221 Å². The molecule has 5 heterocycles. The summed E-state index contributed by atoms with van der Waals surface area (Å²) in [5.74, 6) is 4.86. The summed E-state index contributed by atoms with van der Waals surface area (Å²) in [6.07, 6.45) is 8.75. The standard InChI is InChI=1S/C9H14N2.C8H12N2.C7H11N3.C6H10N2O.C6H10N2S.2CH4/c1-6(2)8-4-7(3)11-9(10)5-8;1-6(2)7-3-4-10-8(9)5-7;1-5(2)6-3-9-7(8)10-4-6;2*1-4(2)5-3-8-6(7)9-5;;/h4-6H,1-3H3,(H2,10,11);3-6H,1-2H3,(H2,9,10);3-5H,1-2H3,(H2,8,9,10);2*3-4H,1-2H3,(H2,7,8);2*1H4. The normalized spacial score (nSPS) is 10.0. The fourth-order valence-electron chi connectivity index (χ4n) is 3.66. The van der Waals surface area contributed by atoms with E-state index in [0.717, 1.165) is 17.0 Å². The molecular weight excluding hydrogens is 659 g/mol. The van der Waals surface area contributed by atoms with Crippen LogP contribution < -0.4 is 28.7 Å². The summed E-state index contributed by atoms with van der Waals surface area (Å²) in [6.45, 7) is 23.0. The molecule has 0 bridgehead atoms. The van der Waals surface area contributed by atoms with Gasteiger partial charge in [0.15, 0.2) is 5.13 Å². The van der Waals surface area contributed by atoms with Crippen LogP contribution >= 0.6 is 11.3 Å². The molecule has 0 amide bonds. The summed E-state index contributed by atoms with van der Waals surface area (Å²) in [5, 5.41) is 0.665. The molecule has 0 aliphatic heterocycles. The Morgan fingerprint density at radius 1 is 0.569 bits per heavy atom.